The average molecular weight is 446 g/mol. The van der Waals surface area contributed by atoms with E-state index in [1.807, 2.05) is 17.2 Å². The van der Waals surface area contributed by atoms with Gasteiger partial charge in [0, 0.05) is 63.0 Å². The van der Waals surface area contributed by atoms with E-state index >= 15 is 0 Å². The first-order chi connectivity index (χ1) is 16.1. The summed E-state index contributed by atoms with van der Waals surface area (Å²) >= 11 is 0. The van der Waals surface area contributed by atoms with Crippen LogP contribution in [0.2, 0.25) is 0 Å². The number of piperidine rings is 1. The number of nitrogens with zero attached hydrogens (tertiary/aromatic N) is 6. The number of likely N-dealkylation sites (tertiary alicyclic amines) is 1. The van der Waals surface area contributed by atoms with E-state index in [9.17, 15) is 4.79 Å². The van der Waals surface area contributed by atoms with Gasteiger partial charge in [-0.1, -0.05) is 6.58 Å². The highest BCUT2D eigenvalue weighted by atomic mass is 16.2. The fourth-order valence-corrected chi connectivity index (χ4v) is 4.80. The predicted octanol–water partition coefficient (Wildman–Crippen LogP) is 3.28. The maximum atomic E-state index is 12.2. The Labute approximate surface area is 194 Å². The third-order valence-electron chi connectivity index (χ3n) is 6.73. The second-order valence-corrected chi connectivity index (χ2v) is 8.93. The number of piperazine rings is 1. The van der Waals surface area contributed by atoms with Gasteiger partial charge in [0.2, 0.25) is 5.91 Å². The molecule has 2 aliphatic rings. The van der Waals surface area contributed by atoms with Crippen LogP contribution in [0, 0.1) is 0 Å². The average Bonchev–Trinajstić information content (AvgIpc) is 3.23. The summed E-state index contributed by atoms with van der Waals surface area (Å²) in [7, 11) is 2.17. The Morgan fingerprint density at radius 3 is 2.67 bits per heavy atom. The maximum Gasteiger partial charge on any atom is 0.246 e. The molecule has 1 amide bonds. The lowest BCUT2D eigenvalue weighted by molar-refractivity contribution is -0.127. The predicted molar refractivity (Wildman–Crippen MR) is 132 cm³/mol. The van der Waals surface area contributed by atoms with Crippen molar-refractivity contribution in [3.05, 3.63) is 55.4 Å². The van der Waals surface area contributed by atoms with Crippen LogP contribution in [0.4, 0.5) is 17.2 Å². The standard InChI is InChI=1S/C25H31N7O/c1-3-24(33)31-12-4-5-21(18-31)32-23-10-11-26-17-22(23)25(28-32)27-19-6-8-20(9-7-19)30-15-13-29(2)14-16-30/h3,6-11,17,21H,1,4-5,12-16,18H2,2H3,(H,27,28)/t21-/m1/s1. The van der Waals surface area contributed by atoms with Gasteiger partial charge < -0.3 is 20.0 Å². The van der Waals surface area contributed by atoms with Crippen molar-refractivity contribution in [3.63, 3.8) is 0 Å². The van der Waals surface area contributed by atoms with Crippen LogP contribution in [0.3, 0.4) is 0 Å². The van der Waals surface area contributed by atoms with Gasteiger partial charge in [-0.15, -0.1) is 0 Å². The zero-order valence-corrected chi connectivity index (χ0v) is 19.2. The second-order valence-electron chi connectivity index (χ2n) is 8.93. The number of benzene rings is 1. The third kappa shape index (κ3) is 4.43. The number of pyridine rings is 1. The van der Waals surface area contributed by atoms with Crippen LogP contribution in [0.1, 0.15) is 18.9 Å². The van der Waals surface area contributed by atoms with Gasteiger partial charge in [0.1, 0.15) is 0 Å². The first-order valence-corrected chi connectivity index (χ1v) is 11.7. The third-order valence-corrected chi connectivity index (χ3v) is 6.73. The maximum absolute atomic E-state index is 12.2. The highest BCUT2D eigenvalue weighted by Crippen LogP contribution is 2.31. The Morgan fingerprint density at radius 1 is 1.12 bits per heavy atom. The molecule has 172 valence electrons. The van der Waals surface area contributed by atoms with Gasteiger partial charge in [0.05, 0.1) is 16.9 Å². The number of likely N-dealkylation sites (N-methyl/N-ethyl adjacent to an activating group) is 1. The van der Waals surface area contributed by atoms with Crippen LogP contribution >= 0.6 is 0 Å². The van der Waals surface area contributed by atoms with Crippen LogP contribution in [0.15, 0.2) is 55.4 Å². The molecule has 5 rings (SSSR count). The van der Waals surface area contributed by atoms with Crippen molar-refractivity contribution >= 4 is 34.0 Å². The van der Waals surface area contributed by atoms with Crippen molar-refractivity contribution < 1.29 is 4.79 Å². The van der Waals surface area contributed by atoms with E-state index in [4.69, 9.17) is 5.10 Å². The SMILES string of the molecule is C=CC(=O)N1CCC[C@@H](n2nc(Nc3ccc(N4CCN(C)CC4)cc3)c3cnccc32)C1. The number of anilines is 3. The second kappa shape index (κ2) is 9.23. The van der Waals surface area contributed by atoms with Gasteiger partial charge in [0.15, 0.2) is 5.82 Å². The van der Waals surface area contributed by atoms with Gasteiger partial charge in [-0.05, 0) is 56.3 Å². The summed E-state index contributed by atoms with van der Waals surface area (Å²) in [6, 6.07) is 10.7. The quantitative estimate of drug-likeness (QED) is 0.608. The molecule has 2 saturated heterocycles. The minimum Gasteiger partial charge on any atom is -0.369 e. The molecule has 33 heavy (non-hydrogen) atoms. The Hall–Kier alpha value is -3.39. The van der Waals surface area contributed by atoms with Gasteiger partial charge in [-0.25, -0.2) is 0 Å². The number of aromatic nitrogens is 3. The lowest BCUT2D eigenvalue weighted by Crippen LogP contribution is -2.44. The molecule has 0 aliphatic carbocycles. The summed E-state index contributed by atoms with van der Waals surface area (Å²) in [6.45, 7) is 9.34. The Balaban J connectivity index is 1.37. The molecule has 4 heterocycles. The summed E-state index contributed by atoms with van der Waals surface area (Å²) in [5.74, 6) is 0.772. The largest absolute Gasteiger partial charge is 0.369 e. The van der Waals surface area contributed by atoms with Crippen LogP contribution in [0.5, 0.6) is 0 Å². The molecule has 1 atom stereocenters. The van der Waals surface area contributed by atoms with Crippen molar-refractivity contribution in [2.45, 2.75) is 18.9 Å². The fourth-order valence-electron chi connectivity index (χ4n) is 4.80. The lowest BCUT2D eigenvalue weighted by atomic mass is 10.1. The molecule has 8 nitrogen and oxygen atoms in total. The van der Waals surface area contributed by atoms with E-state index in [0.29, 0.717) is 6.54 Å². The smallest absolute Gasteiger partial charge is 0.246 e. The zero-order valence-electron chi connectivity index (χ0n) is 19.2. The highest BCUT2D eigenvalue weighted by Gasteiger charge is 2.26. The molecule has 2 aliphatic heterocycles. The van der Waals surface area contributed by atoms with E-state index < -0.39 is 0 Å². The molecule has 2 fully saturated rings. The summed E-state index contributed by atoms with van der Waals surface area (Å²) in [4.78, 5) is 23.1. The molecule has 0 unspecified atom stereocenters. The van der Waals surface area contributed by atoms with Gasteiger partial charge in [-0.3, -0.25) is 14.5 Å². The molecule has 2 aromatic heterocycles. The number of fused-ring (bicyclic) bond motifs is 1. The molecule has 8 heteroatoms. The molecule has 1 aromatic carbocycles. The Kier molecular flexibility index (Phi) is 6.00. The zero-order chi connectivity index (χ0) is 22.8. The Morgan fingerprint density at radius 2 is 1.91 bits per heavy atom. The van der Waals surface area contributed by atoms with Crippen molar-refractivity contribution in [1.29, 1.82) is 0 Å². The summed E-state index contributed by atoms with van der Waals surface area (Å²) in [5.41, 5.74) is 3.27. The van der Waals surface area contributed by atoms with Crippen molar-refractivity contribution in [2.75, 3.05) is 56.5 Å². The number of carbonyl (C=O) groups excluding carboxylic acids is 1. The minimum atomic E-state index is -0.0170. The van der Waals surface area contributed by atoms with E-state index in [-0.39, 0.29) is 11.9 Å². The normalized spacial score (nSPS) is 19.6. The number of hydrogen-bond acceptors (Lipinski definition) is 6. The first-order valence-electron chi connectivity index (χ1n) is 11.7. The molecule has 0 spiro atoms. The molecule has 3 aromatic rings. The summed E-state index contributed by atoms with van der Waals surface area (Å²) in [5, 5.41) is 9.41. The minimum absolute atomic E-state index is 0.0170. The molecule has 0 saturated carbocycles. The fraction of sp³-hybridized carbons (Fsp3) is 0.400. The molecule has 0 radical (unpaired) electrons. The molecular weight excluding hydrogens is 414 g/mol. The Bertz CT molecular complexity index is 1130. The van der Waals surface area contributed by atoms with Crippen LogP contribution in [-0.2, 0) is 4.79 Å². The molecule has 1 N–H and O–H groups in total. The number of nitrogens with one attached hydrogen (secondary N) is 1. The monoisotopic (exact) mass is 445 g/mol. The van der Waals surface area contributed by atoms with Crippen molar-refractivity contribution in [3.8, 4) is 0 Å². The van der Waals surface area contributed by atoms with Crippen LogP contribution < -0.4 is 10.2 Å². The van der Waals surface area contributed by atoms with E-state index in [1.54, 1.807) is 6.20 Å². The van der Waals surface area contributed by atoms with Gasteiger partial charge >= 0.3 is 0 Å². The lowest BCUT2D eigenvalue weighted by Gasteiger charge is -2.34. The molecular formula is C25H31N7O. The van der Waals surface area contributed by atoms with Crippen LogP contribution in [0.25, 0.3) is 10.9 Å². The summed E-state index contributed by atoms with van der Waals surface area (Å²) < 4.78 is 2.06. The van der Waals surface area contributed by atoms with E-state index in [0.717, 1.165) is 68.0 Å². The first kappa shape index (κ1) is 21.5. The number of amides is 1. The van der Waals surface area contributed by atoms with E-state index in [1.165, 1.54) is 11.8 Å². The van der Waals surface area contributed by atoms with Gasteiger partial charge in [-0.2, -0.15) is 5.10 Å². The van der Waals surface area contributed by atoms with Crippen molar-refractivity contribution in [1.82, 2.24) is 24.6 Å². The topological polar surface area (TPSA) is 69.5 Å². The number of carbonyl (C=O) groups is 1. The summed E-state index contributed by atoms with van der Waals surface area (Å²) in [6.07, 6.45) is 6.98. The van der Waals surface area contributed by atoms with E-state index in [2.05, 4.69) is 62.7 Å². The van der Waals surface area contributed by atoms with Crippen molar-refractivity contribution in [2.24, 2.45) is 0 Å². The molecule has 0 bridgehead atoms. The highest BCUT2D eigenvalue weighted by molar-refractivity contribution is 5.91. The number of hydrogen-bond donors (Lipinski definition) is 1. The van der Waals surface area contributed by atoms with Crippen LogP contribution in [-0.4, -0.2) is 76.8 Å². The van der Waals surface area contributed by atoms with Gasteiger partial charge in [0.25, 0.3) is 0 Å². The number of rotatable bonds is 5.